The maximum atomic E-state index is 13.6. The third-order valence-electron chi connectivity index (χ3n) is 4.29. The molecule has 0 amide bonds. The summed E-state index contributed by atoms with van der Waals surface area (Å²) < 4.78 is 120. The fourth-order valence-corrected chi connectivity index (χ4v) is 2.90. The molecule has 0 unspecified atom stereocenters. The van der Waals surface area contributed by atoms with Crippen LogP contribution in [0.25, 0.3) is 17.1 Å². The van der Waals surface area contributed by atoms with E-state index in [-0.39, 0.29) is 17.8 Å². The molecule has 0 atom stereocenters. The molecular weight excluding hydrogens is 457 g/mol. The first-order valence-corrected chi connectivity index (χ1v) is 8.46. The molecule has 4 nitrogen and oxygen atoms in total. The molecule has 0 aliphatic heterocycles. The fourth-order valence-electron chi connectivity index (χ4n) is 2.90. The monoisotopic (exact) mass is 467 g/mol. The molecule has 2 N–H and O–H groups in total. The summed E-state index contributed by atoms with van der Waals surface area (Å²) in [5, 5.41) is 0. The van der Waals surface area contributed by atoms with Gasteiger partial charge in [0.1, 0.15) is 11.5 Å². The predicted molar refractivity (Wildman–Crippen MR) is 94.7 cm³/mol. The van der Waals surface area contributed by atoms with Gasteiger partial charge in [0.2, 0.25) is 0 Å². The molecule has 170 valence electrons. The Kier molecular flexibility index (Phi) is 5.48. The van der Waals surface area contributed by atoms with E-state index in [0.717, 1.165) is 0 Å². The molecule has 0 radical (unpaired) electrons. The van der Waals surface area contributed by atoms with Gasteiger partial charge < -0.3 is 5.73 Å². The van der Waals surface area contributed by atoms with Crippen molar-refractivity contribution in [2.45, 2.75) is 18.5 Å². The zero-order valence-corrected chi connectivity index (χ0v) is 15.4. The third-order valence-corrected chi connectivity index (χ3v) is 4.29. The molecule has 3 aromatic rings. The van der Waals surface area contributed by atoms with Crippen LogP contribution in [0.4, 0.5) is 45.2 Å². The normalized spacial score (nSPS) is 12.8. The number of hydrogen-bond donors (Lipinski definition) is 1. The van der Waals surface area contributed by atoms with Crippen LogP contribution in [0.3, 0.4) is 0 Å². The number of nitrogens with zero attached hydrogens (tertiary/aromatic N) is 2. The van der Waals surface area contributed by atoms with Gasteiger partial charge in [0.05, 0.1) is 16.8 Å². The summed E-state index contributed by atoms with van der Waals surface area (Å²) in [6.07, 6.45) is -15.9. The van der Waals surface area contributed by atoms with E-state index in [0.29, 0.717) is 10.6 Å². The molecule has 1 heterocycles. The Bertz CT molecular complexity index is 1210. The largest absolute Gasteiger partial charge is 0.435 e. The molecule has 0 spiro atoms. The van der Waals surface area contributed by atoms with Gasteiger partial charge in [-0.2, -0.15) is 39.5 Å². The minimum Gasteiger partial charge on any atom is -0.392 e. The highest BCUT2D eigenvalue weighted by Gasteiger charge is 2.41. The number of para-hydroxylation sites is 1. The van der Waals surface area contributed by atoms with E-state index in [2.05, 4.69) is 4.98 Å². The summed E-state index contributed by atoms with van der Waals surface area (Å²) in [5.74, 6) is -1.18. The summed E-state index contributed by atoms with van der Waals surface area (Å²) in [7, 11) is 0. The number of alkyl halides is 9. The van der Waals surface area contributed by atoms with Gasteiger partial charge in [-0.25, -0.2) is 4.98 Å². The van der Waals surface area contributed by atoms with E-state index < -0.39 is 58.0 Å². The van der Waals surface area contributed by atoms with Crippen molar-refractivity contribution in [3.05, 3.63) is 75.7 Å². The van der Waals surface area contributed by atoms with Crippen LogP contribution in [0.1, 0.15) is 16.8 Å². The van der Waals surface area contributed by atoms with E-state index in [4.69, 9.17) is 5.73 Å². The van der Waals surface area contributed by atoms with Crippen molar-refractivity contribution in [1.29, 1.82) is 0 Å². The van der Waals surface area contributed by atoms with Crippen LogP contribution in [0, 0.1) is 0 Å². The molecule has 0 saturated heterocycles. The Morgan fingerprint density at radius 1 is 0.781 bits per heavy atom. The standard InChI is InChI=1S/C19H10F9N3O/c20-17(21,22)9-6-7-11(12(8-9)18(23,24)25)15-30-14(19(26,27)28)13(29)16(32)31(15)10-4-2-1-3-5-10/h1-8H,29H2. The van der Waals surface area contributed by atoms with Crippen LogP contribution in [-0.2, 0) is 18.5 Å². The van der Waals surface area contributed by atoms with Crippen LogP contribution in [0.5, 0.6) is 0 Å². The van der Waals surface area contributed by atoms with E-state index >= 15 is 0 Å². The summed E-state index contributed by atoms with van der Waals surface area (Å²) in [4.78, 5) is 15.8. The Labute approximate surface area is 172 Å². The molecule has 3 rings (SSSR count). The molecule has 2 aromatic carbocycles. The Morgan fingerprint density at radius 2 is 1.38 bits per heavy atom. The second-order valence-corrected chi connectivity index (χ2v) is 6.43. The fraction of sp³-hybridized carbons (Fsp3) is 0.158. The molecular formula is C19H10F9N3O. The summed E-state index contributed by atoms with van der Waals surface area (Å²) in [6, 6.07) is 6.76. The first kappa shape index (κ1) is 23.2. The number of nitrogen functional groups attached to an aromatic ring is 1. The van der Waals surface area contributed by atoms with Gasteiger partial charge in [0.15, 0.2) is 5.69 Å². The minimum atomic E-state index is -5.42. The topological polar surface area (TPSA) is 60.9 Å². The quantitative estimate of drug-likeness (QED) is 0.504. The number of rotatable bonds is 2. The van der Waals surface area contributed by atoms with Crippen molar-refractivity contribution in [3.63, 3.8) is 0 Å². The summed E-state index contributed by atoms with van der Waals surface area (Å²) in [6.45, 7) is 0. The first-order valence-electron chi connectivity index (χ1n) is 8.46. The molecule has 0 fully saturated rings. The van der Waals surface area contributed by atoms with Crippen LogP contribution >= 0.6 is 0 Å². The number of anilines is 1. The number of nitrogens with two attached hydrogens (primary N) is 1. The summed E-state index contributed by atoms with van der Waals surface area (Å²) >= 11 is 0. The Hall–Kier alpha value is -3.51. The van der Waals surface area contributed by atoms with Crippen LogP contribution in [-0.4, -0.2) is 9.55 Å². The maximum Gasteiger partial charge on any atom is 0.435 e. The number of halogens is 9. The summed E-state index contributed by atoms with van der Waals surface area (Å²) in [5.41, 5.74) is -4.60. The second kappa shape index (κ2) is 7.57. The van der Waals surface area contributed by atoms with Crippen molar-refractivity contribution in [2.24, 2.45) is 0 Å². The predicted octanol–water partition coefficient (Wildman–Crippen LogP) is 5.54. The Morgan fingerprint density at radius 3 is 1.88 bits per heavy atom. The zero-order chi connectivity index (χ0) is 24.1. The van der Waals surface area contributed by atoms with Gasteiger partial charge >= 0.3 is 18.5 Å². The van der Waals surface area contributed by atoms with Crippen molar-refractivity contribution in [1.82, 2.24) is 9.55 Å². The number of aromatic nitrogens is 2. The lowest BCUT2D eigenvalue weighted by Crippen LogP contribution is -2.29. The minimum absolute atomic E-state index is 0.201. The van der Waals surface area contributed by atoms with Gasteiger partial charge in [-0.15, -0.1) is 0 Å². The molecule has 0 saturated carbocycles. The lowest BCUT2D eigenvalue weighted by atomic mass is 10.0. The molecule has 0 bridgehead atoms. The smallest absolute Gasteiger partial charge is 0.392 e. The van der Waals surface area contributed by atoms with E-state index in [9.17, 15) is 44.3 Å². The number of hydrogen-bond acceptors (Lipinski definition) is 3. The highest BCUT2D eigenvalue weighted by Crippen LogP contribution is 2.41. The van der Waals surface area contributed by atoms with Crippen LogP contribution in [0.15, 0.2) is 53.3 Å². The van der Waals surface area contributed by atoms with Gasteiger partial charge in [0.25, 0.3) is 5.56 Å². The average Bonchev–Trinajstić information content (AvgIpc) is 2.67. The van der Waals surface area contributed by atoms with E-state index in [1.807, 2.05) is 0 Å². The second-order valence-electron chi connectivity index (χ2n) is 6.43. The van der Waals surface area contributed by atoms with Gasteiger partial charge in [0, 0.05) is 5.56 Å². The molecule has 32 heavy (non-hydrogen) atoms. The Balaban J connectivity index is 2.49. The van der Waals surface area contributed by atoms with Crippen molar-refractivity contribution < 1.29 is 39.5 Å². The van der Waals surface area contributed by atoms with E-state index in [1.165, 1.54) is 30.3 Å². The van der Waals surface area contributed by atoms with Gasteiger partial charge in [-0.1, -0.05) is 24.3 Å². The van der Waals surface area contributed by atoms with Gasteiger partial charge in [-0.3, -0.25) is 9.36 Å². The lowest BCUT2D eigenvalue weighted by molar-refractivity contribution is -0.142. The van der Waals surface area contributed by atoms with Crippen molar-refractivity contribution in [2.75, 3.05) is 5.73 Å². The van der Waals surface area contributed by atoms with Crippen LogP contribution < -0.4 is 11.3 Å². The van der Waals surface area contributed by atoms with Crippen LogP contribution in [0.2, 0.25) is 0 Å². The molecule has 0 aliphatic carbocycles. The van der Waals surface area contributed by atoms with Crippen molar-refractivity contribution in [3.8, 4) is 17.1 Å². The molecule has 1 aromatic heterocycles. The maximum absolute atomic E-state index is 13.6. The van der Waals surface area contributed by atoms with Gasteiger partial charge in [-0.05, 0) is 24.3 Å². The third kappa shape index (κ3) is 4.27. The highest BCUT2D eigenvalue weighted by atomic mass is 19.4. The highest BCUT2D eigenvalue weighted by molar-refractivity contribution is 5.66. The first-order chi connectivity index (χ1) is 14.6. The average molecular weight is 467 g/mol. The number of benzene rings is 2. The van der Waals surface area contributed by atoms with Crippen molar-refractivity contribution >= 4 is 5.69 Å². The molecule has 0 aliphatic rings. The van der Waals surface area contributed by atoms with E-state index in [1.54, 1.807) is 0 Å². The lowest BCUT2D eigenvalue weighted by Gasteiger charge is -2.20. The SMILES string of the molecule is Nc1c(C(F)(F)F)nc(-c2ccc(C(F)(F)F)cc2C(F)(F)F)n(-c2ccccc2)c1=O. The zero-order valence-electron chi connectivity index (χ0n) is 15.4. The molecule has 13 heteroatoms.